The third-order valence-corrected chi connectivity index (χ3v) is 8.37. The summed E-state index contributed by atoms with van der Waals surface area (Å²) in [5.74, 6) is -2.68. The average Bonchev–Trinajstić information content (AvgIpc) is 3.12. The fourth-order valence-corrected chi connectivity index (χ4v) is 7.68. The third-order valence-electron chi connectivity index (χ3n) is 8.37. The lowest BCUT2D eigenvalue weighted by molar-refractivity contribution is -0.274. The highest BCUT2D eigenvalue weighted by Crippen LogP contribution is 2.69. The van der Waals surface area contributed by atoms with E-state index in [1.54, 1.807) is 9.96 Å². The Bertz CT molecular complexity index is 1150. The van der Waals surface area contributed by atoms with E-state index in [1.807, 2.05) is 37.3 Å². The molecule has 3 aliphatic heterocycles. The normalized spacial score (nSPS) is 35.5. The van der Waals surface area contributed by atoms with Crippen LogP contribution < -0.4 is 4.90 Å². The molecule has 7 unspecified atom stereocenters. The van der Waals surface area contributed by atoms with Crippen molar-refractivity contribution in [3.63, 3.8) is 0 Å². The topological polar surface area (TPSA) is 102 Å². The molecule has 9 heteroatoms. The van der Waals surface area contributed by atoms with Crippen LogP contribution >= 0.6 is 0 Å². The van der Waals surface area contributed by atoms with E-state index in [2.05, 4.69) is 0 Å². The molecule has 35 heavy (non-hydrogen) atoms. The van der Waals surface area contributed by atoms with Crippen LogP contribution in [0.4, 0.5) is 5.69 Å². The largest absolute Gasteiger partial charge is 0.469 e. The number of piperidine rings is 2. The van der Waals surface area contributed by atoms with Crippen molar-refractivity contribution in [1.82, 2.24) is 5.06 Å². The summed E-state index contributed by atoms with van der Waals surface area (Å²) in [6, 6.07) is 6.34. The van der Waals surface area contributed by atoms with Gasteiger partial charge in [-0.15, -0.1) is 5.06 Å². The van der Waals surface area contributed by atoms with Crippen molar-refractivity contribution >= 4 is 29.5 Å². The van der Waals surface area contributed by atoms with Gasteiger partial charge in [0.1, 0.15) is 0 Å². The van der Waals surface area contributed by atoms with Crippen molar-refractivity contribution < 1.29 is 33.5 Å². The van der Waals surface area contributed by atoms with E-state index in [1.165, 1.54) is 27.9 Å². The van der Waals surface area contributed by atoms with E-state index in [-0.39, 0.29) is 30.4 Å². The van der Waals surface area contributed by atoms with Crippen molar-refractivity contribution in [3.8, 4) is 0 Å². The fraction of sp³-hybridized carbons (Fsp3) is 0.538. The smallest absolute Gasteiger partial charge is 0.322 e. The molecule has 6 rings (SSSR count). The van der Waals surface area contributed by atoms with Gasteiger partial charge >= 0.3 is 17.9 Å². The summed E-state index contributed by atoms with van der Waals surface area (Å²) in [4.78, 5) is 58.5. The molecule has 0 aromatic heterocycles. The van der Waals surface area contributed by atoms with Gasteiger partial charge in [-0.2, -0.15) is 0 Å². The highest BCUT2D eigenvalue weighted by molar-refractivity contribution is 5.97. The second-order valence-electron chi connectivity index (χ2n) is 9.78. The number of para-hydroxylation sites is 1. The molecular weight excluding hydrogens is 452 g/mol. The molecule has 1 spiro atoms. The Morgan fingerprint density at radius 2 is 1.83 bits per heavy atom. The SMILES string of the molecule is C/C=C1/C2CC3C4N(C(C)=O)c5ccccc5C4(C(COC(C)=O)C1N3OC(C)=O)C2C(=O)OC. The Kier molecular flexibility index (Phi) is 5.51. The number of hydrogen-bond acceptors (Lipinski definition) is 8. The summed E-state index contributed by atoms with van der Waals surface area (Å²) in [5.41, 5.74) is 1.67. The van der Waals surface area contributed by atoms with Crippen molar-refractivity contribution in [2.75, 3.05) is 18.6 Å². The number of carbonyl (C=O) groups is 4. The quantitative estimate of drug-likeness (QED) is 0.475. The van der Waals surface area contributed by atoms with Gasteiger partial charge in [0.05, 0.1) is 37.8 Å². The number of fused-ring (bicyclic) bond motifs is 1. The zero-order valence-corrected chi connectivity index (χ0v) is 20.5. The van der Waals surface area contributed by atoms with Gasteiger partial charge in [-0.3, -0.25) is 19.2 Å². The van der Waals surface area contributed by atoms with Crippen LogP contribution in [0, 0.1) is 17.8 Å². The van der Waals surface area contributed by atoms with Crippen LogP contribution in [-0.2, 0) is 38.9 Å². The van der Waals surface area contributed by atoms with Crippen molar-refractivity contribution in [2.24, 2.45) is 17.8 Å². The number of amides is 1. The molecule has 1 aromatic carbocycles. The van der Waals surface area contributed by atoms with Gasteiger partial charge in [0.2, 0.25) is 5.91 Å². The first-order valence-corrected chi connectivity index (χ1v) is 11.9. The Morgan fingerprint density at radius 1 is 1.11 bits per heavy atom. The fourth-order valence-electron chi connectivity index (χ4n) is 7.68. The minimum Gasteiger partial charge on any atom is -0.469 e. The van der Waals surface area contributed by atoms with E-state index in [0.29, 0.717) is 6.42 Å². The van der Waals surface area contributed by atoms with Gasteiger partial charge in [-0.25, -0.2) is 0 Å². The number of methoxy groups -OCH3 is 1. The molecule has 7 atom stereocenters. The standard InChI is InChI=1S/C26H30N2O7/c1-6-16-17-11-21-24-26(22(17)25(32)33-5,18-9-7-8-10-20(18)27(24)13(2)29)19(12-34-14(3)30)23(16)28(21)35-15(4)31/h6-10,17,19,21-24H,11-12H2,1-5H3/b16-6-. The lowest BCUT2D eigenvalue weighted by Gasteiger charge is -2.69. The molecule has 0 N–H and O–H groups in total. The predicted molar refractivity (Wildman–Crippen MR) is 124 cm³/mol. The lowest BCUT2D eigenvalue weighted by Crippen LogP contribution is -2.81. The number of hydrogen-bond donors (Lipinski definition) is 0. The summed E-state index contributed by atoms with van der Waals surface area (Å²) in [7, 11) is 1.38. The summed E-state index contributed by atoms with van der Waals surface area (Å²) in [5, 5.41) is 1.70. The highest BCUT2D eigenvalue weighted by Gasteiger charge is 2.78. The molecule has 1 amide bonds. The number of rotatable bonds is 4. The van der Waals surface area contributed by atoms with Gasteiger partial charge in [0.15, 0.2) is 0 Å². The molecule has 3 heterocycles. The first-order valence-electron chi connectivity index (χ1n) is 11.9. The molecule has 1 aromatic rings. The Morgan fingerprint density at radius 3 is 2.43 bits per heavy atom. The van der Waals surface area contributed by atoms with Gasteiger partial charge in [0.25, 0.3) is 0 Å². The molecule has 4 fully saturated rings. The summed E-state index contributed by atoms with van der Waals surface area (Å²) in [6.07, 6.45) is 2.49. The van der Waals surface area contributed by atoms with Crippen LogP contribution in [0.1, 0.15) is 39.7 Å². The number of esters is 2. The van der Waals surface area contributed by atoms with Crippen molar-refractivity contribution in [3.05, 3.63) is 41.5 Å². The number of benzene rings is 1. The minimum absolute atomic E-state index is 0.00137. The van der Waals surface area contributed by atoms with Gasteiger partial charge in [0, 0.05) is 37.8 Å². The monoisotopic (exact) mass is 482 g/mol. The van der Waals surface area contributed by atoms with Gasteiger partial charge < -0.3 is 19.2 Å². The molecule has 2 saturated heterocycles. The Balaban J connectivity index is 1.84. The molecular formula is C26H30N2O7. The number of carbonyl (C=O) groups excluding carboxylic acids is 4. The molecule has 0 radical (unpaired) electrons. The van der Waals surface area contributed by atoms with Crippen LogP contribution in [0.15, 0.2) is 35.9 Å². The number of anilines is 1. The molecule has 2 saturated carbocycles. The number of nitrogens with zero attached hydrogens (tertiary/aromatic N) is 2. The van der Waals surface area contributed by atoms with Crippen LogP contribution in [0.3, 0.4) is 0 Å². The van der Waals surface area contributed by atoms with Crippen molar-refractivity contribution in [1.29, 1.82) is 0 Å². The van der Waals surface area contributed by atoms with Crippen molar-refractivity contribution in [2.45, 2.75) is 57.7 Å². The predicted octanol–water partition coefficient (Wildman–Crippen LogP) is 2.14. The molecule has 9 nitrogen and oxygen atoms in total. The minimum atomic E-state index is -0.883. The van der Waals surface area contributed by atoms with Gasteiger partial charge in [-0.1, -0.05) is 24.3 Å². The van der Waals surface area contributed by atoms with Crippen LogP contribution in [0.5, 0.6) is 0 Å². The summed E-state index contributed by atoms with van der Waals surface area (Å²) < 4.78 is 11.0. The number of ether oxygens (including phenoxy) is 2. The zero-order valence-electron chi connectivity index (χ0n) is 20.5. The summed E-state index contributed by atoms with van der Waals surface area (Å²) >= 11 is 0. The van der Waals surface area contributed by atoms with Crippen LogP contribution in [0.2, 0.25) is 0 Å². The Hall–Kier alpha value is -3.20. The number of allylic oxidation sites excluding steroid dienone is 1. The van der Waals surface area contributed by atoms with E-state index < -0.39 is 41.3 Å². The molecule has 5 aliphatic rings. The highest BCUT2D eigenvalue weighted by atomic mass is 16.7. The van der Waals surface area contributed by atoms with E-state index in [0.717, 1.165) is 16.8 Å². The molecule has 186 valence electrons. The molecule has 2 aliphatic carbocycles. The number of hydroxylamine groups is 2. The maximum absolute atomic E-state index is 13.6. The maximum atomic E-state index is 13.6. The first-order chi connectivity index (χ1) is 16.7. The van der Waals surface area contributed by atoms with E-state index >= 15 is 0 Å². The molecule has 4 bridgehead atoms. The van der Waals surface area contributed by atoms with Crippen LogP contribution in [0.25, 0.3) is 0 Å². The second kappa shape index (κ2) is 8.19. The Labute approximate surface area is 203 Å². The van der Waals surface area contributed by atoms with E-state index in [4.69, 9.17) is 14.3 Å². The average molecular weight is 483 g/mol. The zero-order chi connectivity index (χ0) is 25.2. The van der Waals surface area contributed by atoms with E-state index in [9.17, 15) is 19.2 Å². The van der Waals surface area contributed by atoms with Gasteiger partial charge in [-0.05, 0) is 36.5 Å². The second-order valence-corrected chi connectivity index (χ2v) is 9.78. The first kappa shape index (κ1) is 23.5. The summed E-state index contributed by atoms with van der Waals surface area (Å²) in [6.45, 7) is 6.09. The lowest BCUT2D eigenvalue weighted by atomic mass is 9.42. The third kappa shape index (κ3) is 2.97. The maximum Gasteiger partial charge on any atom is 0.322 e. The van der Waals surface area contributed by atoms with Crippen LogP contribution in [-0.4, -0.2) is 60.7 Å².